The average molecular weight is 408 g/mol. The molecule has 2 aromatic carbocycles. The third-order valence-corrected chi connectivity index (χ3v) is 5.85. The Morgan fingerprint density at radius 2 is 1.77 bits per heavy atom. The number of aryl methyl sites for hydroxylation is 1. The molecule has 1 aromatic heterocycles. The standard InChI is InChI=1S/C24H25FN2O3/c1-15-10-18-14-26-21(11-17(18)12-23(15)30-3)16-6-8-27(9-7-16)24(28)20-13-19(25)4-5-22(20)29-2/h4-5,10-14,16H,6-9H2,1-3H3. The van der Waals surface area contributed by atoms with Gasteiger partial charge >= 0.3 is 0 Å². The van der Waals surface area contributed by atoms with E-state index in [1.807, 2.05) is 19.2 Å². The molecule has 30 heavy (non-hydrogen) atoms. The van der Waals surface area contributed by atoms with E-state index in [-0.39, 0.29) is 17.4 Å². The molecule has 1 aliphatic rings. The fourth-order valence-corrected chi connectivity index (χ4v) is 4.14. The molecule has 6 heteroatoms. The molecule has 0 bridgehead atoms. The molecule has 0 atom stereocenters. The number of aromatic nitrogens is 1. The zero-order valence-electron chi connectivity index (χ0n) is 17.4. The van der Waals surface area contributed by atoms with Crippen LogP contribution < -0.4 is 9.47 Å². The minimum absolute atomic E-state index is 0.198. The van der Waals surface area contributed by atoms with Gasteiger partial charge in [0.2, 0.25) is 0 Å². The number of methoxy groups -OCH3 is 2. The predicted octanol–water partition coefficient (Wildman–Crippen LogP) is 4.72. The predicted molar refractivity (Wildman–Crippen MR) is 114 cm³/mol. The van der Waals surface area contributed by atoms with E-state index in [9.17, 15) is 9.18 Å². The number of ether oxygens (including phenoxy) is 2. The van der Waals surface area contributed by atoms with Crippen molar-refractivity contribution >= 4 is 16.7 Å². The highest BCUT2D eigenvalue weighted by Gasteiger charge is 2.27. The highest BCUT2D eigenvalue weighted by molar-refractivity contribution is 5.97. The van der Waals surface area contributed by atoms with E-state index in [1.54, 1.807) is 12.0 Å². The Bertz CT molecular complexity index is 1090. The molecule has 3 aromatic rings. The second-order valence-electron chi connectivity index (χ2n) is 7.69. The zero-order valence-corrected chi connectivity index (χ0v) is 17.4. The first-order valence-electron chi connectivity index (χ1n) is 10.1. The highest BCUT2D eigenvalue weighted by Crippen LogP contribution is 2.32. The van der Waals surface area contributed by atoms with Gasteiger partial charge in [0, 0.05) is 36.3 Å². The second kappa shape index (κ2) is 8.30. The van der Waals surface area contributed by atoms with Gasteiger partial charge in [-0.15, -0.1) is 0 Å². The SMILES string of the molecule is COc1cc2cc(C3CCN(C(=O)c4cc(F)ccc4OC)CC3)ncc2cc1C. The third kappa shape index (κ3) is 3.82. The number of hydrogen-bond donors (Lipinski definition) is 0. The van der Waals surface area contributed by atoms with E-state index in [4.69, 9.17) is 9.47 Å². The Hall–Kier alpha value is -3.15. The van der Waals surface area contributed by atoms with Crippen LogP contribution in [0.2, 0.25) is 0 Å². The Labute approximate surface area is 175 Å². The van der Waals surface area contributed by atoms with Crippen LogP contribution in [0.4, 0.5) is 4.39 Å². The summed E-state index contributed by atoms with van der Waals surface area (Å²) in [6.07, 6.45) is 3.53. The summed E-state index contributed by atoms with van der Waals surface area (Å²) in [4.78, 5) is 19.3. The molecule has 1 aliphatic heterocycles. The number of fused-ring (bicyclic) bond motifs is 1. The average Bonchev–Trinajstić information content (AvgIpc) is 2.78. The number of pyridine rings is 1. The zero-order chi connectivity index (χ0) is 21.3. The third-order valence-electron chi connectivity index (χ3n) is 5.85. The van der Waals surface area contributed by atoms with Gasteiger partial charge in [-0.2, -0.15) is 0 Å². The molecule has 0 aliphatic carbocycles. The number of nitrogens with zero attached hydrogens (tertiary/aromatic N) is 2. The van der Waals surface area contributed by atoms with Crippen LogP contribution in [0.15, 0.2) is 42.6 Å². The van der Waals surface area contributed by atoms with Gasteiger partial charge in [0.05, 0.1) is 19.8 Å². The Balaban J connectivity index is 1.50. The first-order chi connectivity index (χ1) is 14.5. The van der Waals surface area contributed by atoms with Gasteiger partial charge in [0.15, 0.2) is 0 Å². The fourth-order valence-electron chi connectivity index (χ4n) is 4.14. The minimum atomic E-state index is -0.444. The Morgan fingerprint density at radius 3 is 2.47 bits per heavy atom. The topological polar surface area (TPSA) is 51.7 Å². The van der Waals surface area contributed by atoms with Gasteiger partial charge < -0.3 is 14.4 Å². The normalized spacial score (nSPS) is 14.7. The number of halogens is 1. The van der Waals surface area contributed by atoms with Crippen LogP contribution >= 0.6 is 0 Å². The van der Waals surface area contributed by atoms with Gasteiger partial charge in [-0.1, -0.05) is 0 Å². The summed E-state index contributed by atoms with van der Waals surface area (Å²) in [6.45, 7) is 3.22. The van der Waals surface area contributed by atoms with Crippen LogP contribution in [0.1, 0.15) is 40.4 Å². The van der Waals surface area contributed by atoms with Gasteiger partial charge in [0.25, 0.3) is 5.91 Å². The van der Waals surface area contributed by atoms with E-state index in [2.05, 4.69) is 17.1 Å². The van der Waals surface area contributed by atoms with Crippen molar-refractivity contribution < 1.29 is 18.7 Å². The largest absolute Gasteiger partial charge is 0.496 e. The number of rotatable bonds is 4. The van der Waals surface area contributed by atoms with E-state index < -0.39 is 5.82 Å². The summed E-state index contributed by atoms with van der Waals surface area (Å²) in [5.41, 5.74) is 2.38. The lowest BCUT2D eigenvalue weighted by atomic mass is 9.91. The number of hydrogen-bond acceptors (Lipinski definition) is 4. The van der Waals surface area contributed by atoms with E-state index >= 15 is 0 Å². The molecule has 0 radical (unpaired) electrons. The number of carbonyl (C=O) groups excluding carboxylic acids is 1. The van der Waals surface area contributed by atoms with Crippen molar-refractivity contribution in [3.8, 4) is 11.5 Å². The van der Waals surface area contributed by atoms with Crippen LogP contribution in [-0.2, 0) is 0 Å². The lowest BCUT2D eigenvalue weighted by Crippen LogP contribution is -2.38. The van der Waals surface area contributed by atoms with Crippen LogP contribution in [0.5, 0.6) is 11.5 Å². The van der Waals surface area contributed by atoms with Crippen LogP contribution in [-0.4, -0.2) is 43.1 Å². The van der Waals surface area contributed by atoms with E-state index in [0.717, 1.165) is 40.6 Å². The Kier molecular flexibility index (Phi) is 5.57. The maximum absolute atomic E-state index is 13.7. The molecule has 0 spiro atoms. The molecule has 156 valence electrons. The number of likely N-dealkylation sites (tertiary alicyclic amines) is 1. The van der Waals surface area contributed by atoms with Crippen LogP contribution in [0.3, 0.4) is 0 Å². The van der Waals surface area contributed by atoms with Crippen molar-refractivity contribution in [2.45, 2.75) is 25.7 Å². The summed E-state index contributed by atoms with van der Waals surface area (Å²) >= 11 is 0. The molecule has 2 heterocycles. The lowest BCUT2D eigenvalue weighted by Gasteiger charge is -2.32. The maximum atomic E-state index is 13.7. The Morgan fingerprint density at radius 1 is 1.03 bits per heavy atom. The van der Waals surface area contributed by atoms with Crippen molar-refractivity contribution in [1.82, 2.24) is 9.88 Å². The molecule has 1 fully saturated rings. The quantitative estimate of drug-likeness (QED) is 0.627. The molecule has 0 saturated carbocycles. The van der Waals surface area contributed by atoms with Crippen LogP contribution in [0.25, 0.3) is 10.8 Å². The first kappa shape index (κ1) is 20.1. The molecule has 4 rings (SSSR count). The molecule has 5 nitrogen and oxygen atoms in total. The number of amides is 1. The summed E-state index contributed by atoms with van der Waals surface area (Å²) in [5.74, 6) is 0.893. The second-order valence-corrected chi connectivity index (χ2v) is 7.69. The van der Waals surface area contributed by atoms with Crippen molar-refractivity contribution in [2.24, 2.45) is 0 Å². The van der Waals surface area contributed by atoms with Gasteiger partial charge in [-0.25, -0.2) is 4.39 Å². The fraction of sp³-hybridized carbons (Fsp3) is 0.333. The molecule has 1 saturated heterocycles. The highest BCUT2D eigenvalue weighted by atomic mass is 19.1. The smallest absolute Gasteiger partial charge is 0.257 e. The number of piperidine rings is 1. The van der Waals surface area contributed by atoms with Crippen LogP contribution in [0, 0.1) is 12.7 Å². The maximum Gasteiger partial charge on any atom is 0.257 e. The minimum Gasteiger partial charge on any atom is -0.496 e. The van der Waals surface area contributed by atoms with Gasteiger partial charge in [-0.05, 0) is 67.1 Å². The summed E-state index contributed by atoms with van der Waals surface area (Å²) < 4.78 is 24.3. The van der Waals surface area contributed by atoms with Gasteiger partial charge in [-0.3, -0.25) is 9.78 Å². The van der Waals surface area contributed by atoms with Gasteiger partial charge in [0.1, 0.15) is 17.3 Å². The van der Waals surface area contributed by atoms with Crippen molar-refractivity contribution in [2.75, 3.05) is 27.3 Å². The molecule has 0 unspecified atom stereocenters. The van der Waals surface area contributed by atoms with Crippen molar-refractivity contribution in [3.05, 3.63) is 65.2 Å². The summed E-state index contributed by atoms with van der Waals surface area (Å²) in [7, 11) is 3.16. The van der Waals surface area contributed by atoms with Crippen molar-refractivity contribution in [1.29, 1.82) is 0 Å². The number of benzene rings is 2. The first-order valence-corrected chi connectivity index (χ1v) is 10.1. The van der Waals surface area contributed by atoms with E-state index in [1.165, 1.54) is 25.3 Å². The number of carbonyl (C=O) groups is 1. The van der Waals surface area contributed by atoms with Crippen molar-refractivity contribution in [3.63, 3.8) is 0 Å². The molecular formula is C24H25FN2O3. The monoisotopic (exact) mass is 408 g/mol. The summed E-state index contributed by atoms with van der Waals surface area (Å²) in [5, 5.41) is 2.19. The molecular weight excluding hydrogens is 383 g/mol. The molecule has 1 amide bonds. The van der Waals surface area contributed by atoms with E-state index in [0.29, 0.717) is 18.8 Å². The summed E-state index contributed by atoms with van der Waals surface area (Å²) in [6, 6.07) is 10.3. The lowest BCUT2D eigenvalue weighted by molar-refractivity contribution is 0.0708. The molecule has 0 N–H and O–H groups in total.